The molecule has 1 heterocycles. The van der Waals surface area contributed by atoms with Gasteiger partial charge in [-0.2, -0.15) is 5.10 Å². The van der Waals surface area contributed by atoms with Gasteiger partial charge < -0.3 is 0 Å². The van der Waals surface area contributed by atoms with Gasteiger partial charge in [-0.05, 0) is 13.0 Å². The van der Waals surface area contributed by atoms with E-state index in [0.29, 0.717) is 0 Å². The Morgan fingerprint density at radius 1 is 1.50 bits per heavy atom. The largest absolute Gasteiger partial charge is 0.272 e. The van der Waals surface area contributed by atoms with Crippen molar-refractivity contribution in [1.82, 2.24) is 9.78 Å². The van der Waals surface area contributed by atoms with E-state index in [1.54, 1.807) is 6.20 Å². The maximum absolute atomic E-state index is 11.6. The van der Waals surface area contributed by atoms with E-state index >= 15 is 0 Å². The predicted molar refractivity (Wildman–Crippen MR) is 47.0 cm³/mol. The van der Waals surface area contributed by atoms with Gasteiger partial charge in [0.15, 0.2) is 0 Å². The van der Waals surface area contributed by atoms with E-state index in [4.69, 9.17) is 0 Å². The number of carbonyl (C=O) groups is 1. The van der Waals surface area contributed by atoms with Crippen LogP contribution in [0.1, 0.15) is 31.3 Å². The molecule has 0 atom stereocenters. The van der Waals surface area contributed by atoms with Gasteiger partial charge in [-0.15, -0.1) is 0 Å². The molecule has 0 N–H and O–H groups in total. The molecule has 1 rings (SSSR count). The molecule has 0 unspecified atom stereocenters. The van der Waals surface area contributed by atoms with Crippen LogP contribution < -0.4 is 0 Å². The van der Waals surface area contributed by atoms with Crippen molar-refractivity contribution >= 4 is 5.91 Å². The summed E-state index contributed by atoms with van der Waals surface area (Å²) in [7, 11) is 0. The van der Waals surface area contributed by atoms with E-state index in [9.17, 15) is 4.79 Å². The van der Waals surface area contributed by atoms with Crippen molar-refractivity contribution < 1.29 is 4.79 Å². The SMILES string of the molecule is Cc1ccnn1C(=O)C(C)(C)C. The third-order valence-electron chi connectivity index (χ3n) is 1.67. The van der Waals surface area contributed by atoms with Crippen LogP contribution in [-0.4, -0.2) is 15.7 Å². The van der Waals surface area contributed by atoms with Gasteiger partial charge in [-0.25, -0.2) is 4.68 Å². The first-order valence-electron chi connectivity index (χ1n) is 3.98. The molecule has 1 aromatic heterocycles. The van der Waals surface area contributed by atoms with Crippen molar-refractivity contribution in [3.8, 4) is 0 Å². The Hall–Kier alpha value is -1.12. The lowest BCUT2D eigenvalue weighted by Gasteiger charge is -2.16. The normalized spacial score (nSPS) is 11.7. The summed E-state index contributed by atoms with van der Waals surface area (Å²) in [6, 6.07) is 1.82. The van der Waals surface area contributed by atoms with Crippen molar-refractivity contribution in [2.75, 3.05) is 0 Å². The minimum Gasteiger partial charge on any atom is -0.272 e. The highest BCUT2D eigenvalue weighted by molar-refractivity contribution is 5.83. The molecule has 0 spiro atoms. The van der Waals surface area contributed by atoms with Gasteiger partial charge in [-0.1, -0.05) is 20.8 Å². The molecule has 0 aliphatic heterocycles. The smallest absolute Gasteiger partial charge is 0.252 e. The zero-order valence-electron chi connectivity index (χ0n) is 7.96. The summed E-state index contributed by atoms with van der Waals surface area (Å²) in [6.45, 7) is 7.53. The molecule has 0 saturated heterocycles. The monoisotopic (exact) mass is 166 g/mol. The summed E-state index contributed by atoms with van der Waals surface area (Å²) in [5.41, 5.74) is 0.520. The number of hydrogen-bond acceptors (Lipinski definition) is 2. The third-order valence-corrected chi connectivity index (χ3v) is 1.67. The van der Waals surface area contributed by atoms with E-state index in [1.807, 2.05) is 33.8 Å². The molecule has 3 heteroatoms. The lowest BCUT2D eigenvalue weighted by atomic mass is 9.96. The van der Waals surface area contributed by atoms with Crippen LogP contribution in [0, 0.1) is 12.3 Å². The minimum absolute atomic E-state index is 0.0324. The average Bonchev–Trinajstić information content (AvgIpc) is 2.31. The number of carbonyl (C=O) groups excluding carboxylic acids is 1. The number of aryl methyl sites for hydroxylation is 1. The molecule has 0 aromatic carbocycles. The van der Waals surface area contributed by atoms with Crippen molar-refractivity contribution in [1.29, 1.82) is 0 Å². The quantitative estimate of drug-likeness (QED) is 0.589. The van der Waals surface area contributed by atoms with E-state index in [-0.39, 0.29) is 11.3 Å². The van der Waals surface area contributed by atoms with Gasteiger partial charge in [0, 0.05) is 17.3 Å². The molecule has 0 bridgehead atoms. The Kier molecular flexibility index (Phi) is 2.04. The Balaban J connectivity index is 3.01. The maximum Gasteiger partial charge on any atom is 0.252 e. The highest BCUT2D eigenvalue weighted by Crippen LogP contribution is 2.16. The molecular weight excluding hydrogens is 152 g/mol. The van der Waals surface area contributed by atoms with E-state index in [1.165, 1.54) is 4.68 Å². The first-order chi connectivity index (χ1) is 5.43. The highest BCUT2D eigenvalue weighted by Gasteiger charge is 2.24. The van der Waals surface area contributed by atoms with Gasteiger partial charge in [0.05, 0.1) is 0 Å². The maximum atomic E-state index is 11.6. The molecule has 0 radical (unpaired) electrons. The fourth-order valence-electron chi connectivity index (χ4n) is 0.900. The van der Waals surface area contributed by atoms with Gasteiger partial charge in [-0.3, -0.25) is 4.79 Å². The number of nitrogens with zero attached hydrogens (tertiary/aromatic N) is 2. The fourth-order valence-corrected chi connectivity index (χ4v) is 0.900. The van der Waals surface area contributed by atoms with Crippen molar-refractivity contribution in [2.24, 2.45) is 5.41 Å². The summed E-state index contributed by atoms with van der Waals surface area (Å²) in [5.74, 6) is 0.0324. The molecule has 0 aliphatic carbocycles. The van der Waals surface area contributed by atoms with Crippen LogP contribution >= 0.6 is 0 Å². The standard InChI is InChI=1S/C9H14N2O/c1-7-5-6-10-11(7)8(12)9(2,3)4/h5-6H,1-4H3. The lowest BCUT2D eigenvalue weighted by molar-refractivity contribution is 0.0746. The lowest BCUT2D eigenvalue weighted by Crippen LogP contribution is -2.28. The molecule has 0 fully saturated rings. The zero-order valence-corrected chi connectivity index (χ0v) is 7.96. The molecule has 1 aromatic rings. The zero-order chi connectivity index (χ0) is 9.35. The molecule has 66 valence electrons. The van der Waals surface area contributed by atoms with Crippen molar-refractivity contribution in [3.05, 3.63) is 18.0 Å². The second-order valence-corrected chi connectivity index (χ2v) is 3.94. The summed E-state index contributed by atoms with van der Waals surface area (Å²) >= 11 is 0. The highest BCUT2D eigenvalue weighted by atomic mass is 16.2. The topological polar surface area (TPSA) is 34.9 Å². The van der Waals surface area contributed by atoms with Gasteiger partial charge in [0.2, 0.25) is 0 Å². The molecule has 0 saturated carbocycles. The van der Waals surface area contributed by atoms with Crippen LogP contribution in [0.4, 0.5) is 0 Å². The molecular formula is C9H14N2O. The van der Waals surface area contributed by atoms with Gasteiger partial charge >= 0.3 is 0 Å². The van der Waals surface area contributed by atoms with Crippen LogP contribution in [0.5, 0.6) is 0 Å². The molecule has 3 nitrogen and oxygen atoms in total. The first-order valence-corrected chi connectivity index (χ1v) is 3.98. The van der Waals surface area contributed by atoms with E-state index < -0.39 is 0 Å². The molecule has 0 amide bonds. The van der Waals surface area contributed by atoms with Crippen LogP contribution in [0.15, 0.2) is 12.3 Å². The van der Waals surface area contributed by atoms with Crippen LogP contribution in [0.25, 0.3) is 0 Å². The molecule has 0 aliphatic rings. The Morgan fingerprint density at radius 3 is 2.42 bits per heavy atom. The Morgan fingerprint density at radius 2 is 2.08 bits per heavy atom. The average molecular weight is 166 g/mol. The Bertz CT molecular complexity index is 294. The van der Waals surface area contributed by atoms with Gasteiger partial charge in [0.25, 0.3) is 5.91 Å². The van der Waals surface area contributed by atoms with E-state index in [2.05, 4.69) is 5.10 Å². The van der Waals surface area contributed by atoms with Gasteiger partial charge in [0.1, 0.15) is 0 Å². The number of rotatable bonds is 0. The predicted octanol–water partition coefficient (Wildman–Crippen LogP) is 1.88. The van der Waals surface area contributed by atoms with E-state index in [0.717, 1.165) is 5.69 Å². The minimum atomic E-state index is -0.364. The second-order valence-electron chi connectivity index (χ2n) is 3.94. The van der Waals surface area contributed by atoms with Crippen molar-refractivity contribution in [2.45, 2.75) is 27.7 Å². The third kappa shape index (κ3) is 1.55. The summed E-state index contributed by atoms with van der Waals surface area (Å²) < 4.78 is 1.44. The van der Waals surface area contributed by atoms with Crippen LogP contribution in [-0.2, 0) is 0 Å². The second kappa shape index (κ2) is 2.73. The number of aromatic nitrogens is 2. The van der Waals surface area contributed by atoms with Crippen LogP contribution in [0.2, 0.25) is 0 Å². The van der Waals surface area contributed by atoms with Crippen LogP contribution in [0.3, 0.4) is 0 Å². The fraction of sp³-hybridized carbons (Fsp3) is 0.556. The number of hydrogen-bond donors (Lipinski definition) is 0. The molecule has 12 heavy (non-hydrogen) atoms. The summed E-state index contributed by atoms with van der Waals surface area (Å²) in [5, 5.41) is 3.95. The summed E-state index contributed by atoms with van der Waals surface area (Å²) in [6.07, 6.45) is 1.64. The first kappa shape index (κ1) is 8.97. The Labute approximate surface area is 72.4 Å². The van der Waals surface area contributed by atoms with Crippen molar-refractivity contribution in [3.63, 3.8) is 0 Å². The summed E-state index contributed by atoms with van der Waals surface area (Å²) in [4.78, 5) is 11.6.